The van der Waals surface area contributed by atoms with Crippen LogP contribution in [0.2, 0.25) is 0 Å². The minimum atomic E-state index is -0.205. The molecule has 2 rings (SSSR count). The molecule has 2 aromatic rings. The molecule has 1 N–H and O–H groups in total. The van der Waals surface area contributed by atoms with Gasteiger partial charge in [-0.2, -0.15) is 5.10 Å². The van der Waals surface area contributed by atoms with Gasteiger partial charge in [0.15, 0.2) is 0 Å². The van der Waals surface area contributed by atoms with Crippen LogP contribution in [0.1, 0.15) is 37.2 Å². The summed E-state index contributed by atoms with van der Waals surface area (Å²) in [4.78, 5) is 0. The van der Waals surface area contributed by atoms with Gasteiger partial charge in [0.05, 0.1) is 22.4 Å². The van der Waals surface area contributed by atoms with Crippen LogP contribution in [0, 0.1) is 5.82 Å². The Bertz CT molecular complexity index is 563. The Balaban J connectivity index is 2.28. The Morgan fingerprint density at radius 2 is 1.95 bits per heavy atom. The zero-order valence-electron chi connectivity index (χ0n) is 11.9. The highest BCUT2D eigenvalue weighted by Gasteiger charge is 2.20. The standard InChI is InChI=1S/C15H19BrFN3/c1-10(2)20-15(13(16)9-19-20)14(18-3)8-11-4-6-12(17)7-5-11/h4-7,9-10,14,18H,8H2,1-3H3. The molecule has 0 spiro atoms. The van der Waals surface area contributed by atoms with Crippen molar-refractivity contribution >= 4 is 15.9 Å². The number of hydrogen-bond acceptors (Lipinski definition) is 2. The fraction of sp³-hybridized carbons (Fsp3) is 0.400. The van der Waals surface area contributed by atoms with Crippen molar-refractivity contribution in [3.05, 3.63) is 52.0 Å². The summed E-state index contributed by atoms with van der Waals surface area (Å²) in [5, 5.41) is 7.73. The molecule has 3 nitrogen and oxygen atoms in total. The van der Waals surface area contributed by atoms with Gasteiger partial charge >= 0.3 is 0 Å². The van der Waals surface area contributed by atoms with Crippen molar-refractivity contribution in [2.75, 3.05) is 7.05 Å². The van der Waals surface area contributed by atoms with Crippen molar-refractivity contribution in [1.29, 1.82) is 0 Å². The number of benzene rings is 1. The van der Waals surface area contributed by atoms with Gasteiger partial charge in [-0.1, -0.05) is 12.1 Å². The van der Waals surface area contributed by atoms with E-state index in [1.165, 1.54) is 12.1 Å². The lowest BCUT2D eigenvalue weighted by molar-refractivity contribution is 0.458. The number of rotatable bonds is 5. The van der Waals surface area contributed by atoms with Gasteiger partial charge in [-0.15, -0.1) is 0 Å². The van der Waals surface area contributed by atoms with E-state index in [4.69, 9.17) is 0 Å². The monoisotopic (exact) mass is 339 g/mol. The van der Waals surface area contributed by atoms with Crippen LogP contribution in [0.5, 0.6) is 0 Å². The Morgan fingerprint density at radius 3 is 2.50 bits per heavy atom. The fourth-order valence-corrected chi connectivity index (χ4v) is 2.83. The zero-order chi connectivity index (χ0) is 14.7. The average Bonchev–Trinajstić information content (AvgIpc) is 2.80. The van der Waals surface area contributed by atoms with Crippen molar-refractivity contribution in [3.8, 4) is 0 Å². The van der Waals surface area contributed by atoms with Gasteiger partial charge in [0.1, 0.15) is 5.82 Å². The highest BCUT2D eigenvalue weighted by molar-refractivity contribution is 9.10. The number of nitrogens with one attached hydrogen (secondary N) is 1. The molecule has 0 aliphatic rings. The average molecular weight is 340 g/mol. The number of aromatic nitrogens is 2. The van der Waals surface area contributed by atoms with Gasteiger partial charge < -0.3 is 5.32 Å². The third kappa shape index (κ3) is 3.27. The van der Waals surface area contributed by atoms with Gasteiger partial charge in [-0.3, -0.25) is 4.68 Å². The van der Waals surface area contributed by atoms with Crippen molar-refractivity contribution in [3.63, 3.8) is 0 Å². The molecule has 0 bridgehead atoms. The van der Waals surface area contributed by atoms with Gasteiger partial charge in [-0.25, -0.2) is 4.39 Å². The molecule has 1 unspecified atom stereocenters. The lowest BCUT2D eigenvalue weighted by Gasteiger charge is -2.20. The molecule has 20 heavy (non-hydrogen) atoms. The molecule has 0 fully saturated rings. The summed E-state index contributed by atoms with van der Waals surface area (Å²) >= 11 is 3.57. The van der Waals surface area contributed by atoms with E-state index < -0.39 is 0 Å². The first-order valence-electron chi connectivity index (χ1n) is 6.67. The minimum absolute atomic E-state index is 0.125. The van der Waals surface area contributed by atoms with Gasteiger partial charge in [0, 0.05) is 6.04 Å². The van der Waals surface area contributed by atoms with Crippen LogP contribution >= 0.6 is 15.9 Å². The molecule has 5 heteroatoms. The number of halogens is 2. The largest absolute Gasteiger partial charge is 0.311 e. The third-order valence-electron chi connectivity index (χ3n) is 3.31. The van der Waals surface area contributed by atoms with E-state index in [1.54, 1.807) is 0 Å². The van der Waals surface area contributed by atoms with Crippen LogP contribution in [-0.2, 0) is 6.42 Å². The summed E-state index contributed by atoms with van der Waals surface area (Å²) in [5.41, 5.74) is 2.21. The van der Waals surface area contributed by atoms with E-state index in [1.807, 2.05) is 30.1 Å². The van der Waals surface area contributed by atoms with Crippen LogP contribution in [-0.4, -0.2) is 16.8 Å². The summed E-state index contributed by atoms with van der Waals surface area (Å²) in [6, 6.07) is 7.06. The van der Waals surface area contributed by atoms with E-state index >= 15 is 0 Å². The van der Waals surface area contributed by atoms with E-state index in [0.29, 0.717) is 6.04 Å². The smallest absolute Gasteiger partial charge is 0.123 e. The molecular formula is C15H19BrFN3. The fourth-order valence-electron chi connectivity index (χ4n) is 2.28. The maximum absolute atomic E-state index is 13.0. The van der Waals surface area contributed by atoms with Crippen LogP contribution in [0.3, 0.4) is 0 Å². The highest BCUT2D eigenvalue weighted by Crippen LogP contribution is 2.28. The summed E-state index contributed by atoms with van der Waals surface area (Å²) < 4.78 is 16.0. The molecule has 108 valence electrons. The number of nitrogens with zero attached hydrogens (tertiary/aromatic N) is 2. The second kappa shape index (κ2) is 6.50. The van der Waals surface area contributed by atoms with E-state index in [-0.39, 0.29) is 11.9 Å². The zero-order valence-corrected chi connectivity index (χ0v) is 13.5. The lowest BCUT2D eigenvalue weighted by Crippen LogP contribution is -2.23. The molecule has 1 atom stereocenters. The predicted octanol–water partition coefficient (Wildman–Crippen LogP) is 3.87. The summed E-state index contributed by atoms with van der Waals surface area (Å²) in [5.74, 6) is -0.205. The summed E-state index contributed by atoms with van der Waals surface area (Å²) in [6.07, 6.45) is 2.61. The van der Waals surface area contributed by atoms with E-state index in [9.17, 15) is 4.39 Å². The topological polar surface area (TPSA) is 29.9 Å². The molecule has 0 aliphatic carbocycles. The van der Waals surface area contributed by atoms with Gasteiger partial charge in [-0.05, 0) is 60.9 Å². The van der Waals surface area contributed by atoms with Crippen molar-refractivity contribution in [2.45, 2.75) is 32.4 Å². The minimum Gasteiger partial charge on any atom is -0.311 e. The maximum atomic E-state index is 13.0. The van der Waals surface area contributed by atoms with Crippen molar-refractivity contribution in [2.24, 2.45) is 0 Å². The second-order valence-electron chi connectivity index (χ2n) is 5.09. The Hall–Kier alpha value is -1.20. The maximum Gasteiger partial charge on any atom is 0.123 e. The highest BCUT2D eigenvalue weighted by atomic mass is 79.9. The van der Waals surface area contributed by atoms with Crippen LogP contribution in [0.4, 0.5) is 4.39 Å². The molecule has 1 aromatic carbocycles. The molecule has 0 aliphatic heterocycles. The van der Waals surface area contributed by atoms with E-state index in [0.717, 1.165) is 22.2 Å². The van der Waals surface area contributed by atoms with Gasteiger partial charge in [0.25, 0.3) is 0 Å². The van der Waals surface area contributed by atoms with Crippen LogP contribution in [0.15, 0.2) is 34.9 Å². The molecular weight excluding hydrogens is 321 g/mol. The Kier molecular flexibility index (Phi) is 4.94. The van der Waals surface area contributed by atoms with Crippen LogP contribution in [0.25, 0.3) is 0 Å². The molecule has 0 amide bonds. The van der Waals surface area contributed by atoms with Crippen molar-refractivity contribution < 1.29 is 4.39 Å². The molecule has 0 radical (unpaired) electrons. The van der Waals surface area contributed by atoms with E-state index in [2.05, 4.69) is 40.2 Å². The van der Waals surface area contributed by atoms with Crippen molar-refractivity contribution in [1.82, 2.24) is 15.1 Å². The number of likely N-dealkylation sites (N-methyl/N-ethyl adjacent to an activating group) is 1. The first-order chi connectivity index (χ1) is 9.52. The first kappa shape index (κ1) is 15.2. The summed E-state index contributed by atoms with van der Waals surface area (Å²) in [6.45, 7) is 4.21. The summed E-state index contributed by atoms with van der Waals surface area (Å²) in [7, 11) is 1.93. The molecule has 0 saturated heterocycles. The Morgan fingerprint density at radius 1 is 1.30 bits per heavy atom. The normalized spacial score (nSPS) is 12.9. The predicted molar refractivity (Wildman–Crippen MR) is 82.2 cm³/mol. The number of hydrogen-bond donors (Lipinski definition) is 1. The first-order valence-corrected chi connectivity index (χ1v) is 7.46. The van der Waals surface area contributed by atoms with Crippen LogP contribution < -0.4 is 5.32 Å². The lowest BCUT2D eigenvalue weighted by atomic mass is 10.0. The molecule has 0 saturated carbocycles. The molecule has 1 heterocycles. The quantitative estimate of drug-likeness (QED) is 0.896. The Labute approximate surface area is 127 Å². The third-order valence-corrected chi connectivity index (χ3v) is 3.92. The van der Waals surface area contributed by atoms with Gasteiger partial charge in [0.2, 0.25) is 0 Å². The SMILES string of the molecule is CNC(Cc1ccc(F)cc1)c1c(Br)cnn1C(C)C. The second-order valence-corrected chi connectivity index (χ2v) is 5.94. The molecule has 1 aromatic heterocycles.